The zero-order valence-electron chi connectivity index (χ0n) is 11.0. The van der Waals surface area contributed by atoms with Crippen molar-refractivity contribution in [1.82, 2.24) is 15.1 Å². The monoisotopic (exact) mass is 239 g/mol. The van der Waals surface area contributed by atoms with Crippen LogP contribution >= 0.6 is 0 Å². The number of piperazine rings is 1. The minimum Gasteiger partial charge on any atom is -0.340 e. The molecule has 1 atom stereocenters. The fourth-order valence-corrected chi connectivity index (χ4v) is 2.91. The Kier molecular flexibility index (Phi) is 4.80. The fourth-order valence-electron chi connectivity index (χ4n) is 2.91. The van der Waals surface area contributed by atoms with Crippen molar-refractivity contribution in [3.8, 4) is 0 Å². The van der Waals surface area contributed by atoms with E-state index in [1.165, 1.54) is 25.8 Å². The summed E-state index contributed by atoms with van der Waals surface area (Å²) in [5.74, 6) is 0.330. The molecule has 2 fully saturated rings. The first-order valence-electron chi connectivity index (χ1n) is 7.04. The van der Waals surface area contributed by atoms with Crippen LogP contribution in [0.15, 0.2) is 0 Å². The molecule has 1 amide bonds. The zero-order valence-corrected chi connectivity index (χ0v) is 11.0. The standard InChI is InChI=1S/C13H25N3O/c1-2-14-7-6-13(17)16-10-9-15-8-4-3-5-12(15)11-16/h12,14H,2-11H2,1H3. The number of nitrogens with zero attached hydrogens (tertiary/aromatic N) is 2. The predicted molar refractivity (Wildman–Crippen MR) is 69.0 cm³/mol. The van der Waals surface area contributed by atoms with Crippen LogP contribution in [0.25, 0.3) is 0 Å². The van der Waals surface area contributed by atoms with Crippen LogP contribution in [0.2, 0.25) is 0 Å². The average Bonchev–Trinajstić information content (AvgIpc) is 2.38. The molecule has 2 aliphatic rings. The summed E-state index contributed by atoms with van der Waals surface area (Å²) in [5.41, 5.74) is 0. The lowest BCUT2D eigenvalue weighted by Crippen LogP contribution is -2.56. The maximum atomic E-state index is 12.0. The summed E-state index contributed by atoms with van der Waals surface area (Å²) >= 11 is 0. The van der Waals surface area contributed by atoms with Crippen LogP contribution in [0.1, 0.15) is 32.6 Å². The average molecular weight is 239 g/mol. The summed E-state index contributed by atoms with van der Waals surface area (Å²) in [6, 6.07) is 0.639. The third-order valence-corrected chi connectivity index (χ3v) is 3.96. The van der Waals surface area contributed by atoms with Gasteiger partial charge in [0.1, 0.15) is 0 Å². The van der Waals surface area contributed by atoms with Crippen LogP contribution < -0.4 is 5.32 Å². The smallest absolute Gasteiger partial charge is 0.223 e. The van der Waals surface area contributed by atoms with Crippen LogP contribution in [-0.2, 0) is 4.79 Å². The van der Waals surface area contributed by atoms with Gasteiger partial charge in [0.25, 0.3) is 0 Å². The topological polar surface area (TPSA) is 35.6 Å². The Morgan fingerprint density at radius 1 is 1.29 bits per heavy atom. The van der Waals surface area contributed by atoms with Crippen LogP contribution in [0.5, 0.6) is 0 Å². The lowest BCUT2D eigenvalue weighted by molar-refractivity contribution is -0.134. The van der Waals surface area contributed by atoms with Gasteiger partial charge in [-0.05, 0) is 25.9 Å². The van der Waals surface area contributed by atoms with Crippen LogP contribution in [0.3, 0.4) is 0 Å². The second-order valence-corrected chi connectivity index (χ2v) is 5.13. The van der Waals surface area contributed by atoms with E-state index in [9.17, 15) is 4.79 Å². The van der Waals surface area contributed by atoms with Crippen molar-refractivity contribution in [3.63, 3.8) is 0 Å². The Balaban J connectivity index is 1.76. The molecule has 0 bridgehead atoms. The second-order valence-electron chi connectivity index (χ2n) is 5.13. The highest BCUT2D eigenvalue weighted by Crippen LogP contribution is 2.21. The van der Waals surface area contributed by atoms with Crippen molar-refractivity contribution in [1.29, 1.82) is 0 Å². The molecule has 0 aliphatic carbocycles. The Bertz CT molecular complexity index is 257. The number of amides is 1. The molecule has 0 saturated carbocycles. The van der Waals surface area contributed by atoms with Crippen molar-refractivity contribution in [2.45, 2.75) is 38.6 Å². The summed E-state index contributed by atoms with van der Waals surface area (Å²) in [6.45, 7) is 8.06. The van der Waals surface area contributed by atoms with Gasteiger partial charge in [0, 0.05) is 38.6 Å². The molecule has 2 heterocycles. The maximum absolute atomic E-state index is 12.0. The van der Waals surface area contributed by atoms with Gasteiger partial charge in [0.2, 0.25) is 5.91 Å². The van der Waals surface area contributed by atoms with E-state index in [2.05, 4.69) is 22.0 Å². The number of carbonyl (C=O) groups is 1. The van der Waals surface area contributed by atoms with Crippen molar-refractivity contribution < 1.29 is 4.79 Å². The first kappa shape index (κ1) is 12.8. The lowest BCUT2D eigenvalue weighted by atomic mass is 9.99. The molecule has 0 aromatic heterocycles. The van der Waals surface area contributed by atoms with Crippen molar-refractivity contribution >= 4 is 5.91 Å². The van der Waals surface area contributed by atoms with E-state index in [1.54, 1.807) is 0 Å². The summed E-state index contributed by atoms with van der Waals surface area (Å²) in [7, 11) is 0. The van der Waals surface area contributed by atoms with Gasteiger partial charge in [-0.3, -0.25) is 9.69 Å². The third kappa shape index (κ3) is 3.42. The molecule has 0 aromatic carbocycles. The molecular weight excluding hydrogens is 214 g/mol. The molecule has 4 nitrogen and oxygen atoms in total. The Morgan fingerprint density at radius 2 is 2.18 bits per heavy atom. The molecule has 4 heteroatoms. The fraction of sp³-hybridized carbons (Fsp3) is 0.923. The number of nitrogens with one attached hydrogen (secondary N) is 1. The summed E-state index contributed by atoms with van der Waals surface area (Å²) in [4.78, 5) is 16.7. The van der Waals surface area contributed by atoms with Gasteiger partial charge in [-0.25, -0.2) is 0 Å². The minimum atomic E-state index is 0.330. The van der Waals surface area contributed by atoms with E-state index in [1.807, 2.05) is 0 Å². The first-order valence-corrected chi connectivity index (χ1v) is 7.04. The molecule has 98 valence electrons. The second kappa shape index (κ2) is 6.36. The molecule has 0 radical (unpaired) electrons. The SMILES string of the molecule is CCNCCC(=O)N1CCN2CCCCC2C1. The van der Waals surface area contributed by atoms with Crippen LogP contribution in [-0.4, -0.2) is 61.0 Å². The largest absolute Gasteiger partial charge is 0.340 e. The molecule has 2 aliphatic heterocycles. The lowest BCUT2D eigenvalue weighted by Gasteiger charge is -2.44. The number of piperidine rings is 1. The number of hydrogen-bond acceptors (Lipinski definition) is 3. The van der Waals surface area contributed by atoms with E-state index >= 15 is 0 Å². The minimum absolute atomic E-state index is 0.330. The molecule has 1 N–H and O–H groups in total. The molecule has 2 saturated heterocycles. The van der Waals surface area contributed by atoms with E-state index in [4.69, 9.17) is 0 Å². The third-order valence-electron chi connectivity index (χ3n) is 3.96. The van der Waals surface area contributed by atoms with Gasteiger partial charge in [-0.15, -0.1) is 0 Å². The normalized spacial score (nSPS) is 25.7. The van der Waals surface area contributed by atoms with Crippen molar-refractivity contribution in [2.24, 2.45) is 0 Å². The molecule has 0 spiro atoms. The summed E-state index contributed by atoms with van der Waals surface area (Å²) in [5, 5.41) is 3.22. The summed E-state index contributed by atoms with van der Waals surface area (Å²) < 4.78 is 0. The van der Waals surface area contributed by atoms with E-state index < -0.39 is 0 Å². The van der Waals surface area contributed by atoms with Gasteiger partial charge < -0.3 is 10.2 Å². The Labute approximate surface area is 104 Å². The number of rotatable bonds is 4. The quantitative estimate of drug-likeness (QED) is 0.733. The molecule has 1 unspecified atom stereocenters. The summed E-state index contributed by atoms with van der Waals surface area (Å²) in [6.07, 6.45) is 4.60. The van der Waals surface area contributed by atoms with Gasteiger partial charge in [-0.1, -0.05) is 13.3 Å². The highest BCUT2D eigenvalue weighted by Gasteiger charge is 2.30. The number of fused-ring (bicyclic) bond motifs is 1. The predicted octanol–water partition coefficient (Wildman–Crippen LogP) is 0.683. The molecular formula is C13H25N3O. The van der Waals surface area contributed by atoms with E-state index in [-0.39, 0.29) is 0 Å². The first-order chi connectivity index (χ1) is 8.31. The highest BCUT2D eigenvalue weighted by atomic mass is 16.2. The maximum Gasteiger partial charge on any atom is 0.223 e. The van der Waals surface area contributed by atoms with Crippen molar-refractivity contribution in [3.05, 3.63) is 0 Å². The Hall–Kier alpha value is -0.610. The van der Waals surface area contributed by atoms with Crippen LogP contribution in [0.4, 0.5) is 0 Å². The molecule has 0 aromatic rings. The zero-order chi connectivity index (χ0) is 12.1. The number of carbonyl (C=O) groups excluding carboxylic acids is 1. The number of hydrogen-bond donors (Lipinski definition) is 1. The van der Waals surface area contributed by atoms with Crippen molar-refractivity contribution in [2.75, 3.05) is 39.3 Å². The van der Waals surface area contributed by atoms with Gasteiger partial charge >= 0.3 is 0 Å². The Morgan fingerprint density at radius 3 is 3.00 bits per heavy atom. The molecule has 2 rings (SSSR count). The van der Waals surface area contributed by atoms with E-state index in [0.29, 0.717) is 18.4 Å². The van der Waals surface area contributed by atoms with Gasteiger partial charge in [0.15, 0.2) is 0 Å². The van der Waals surface area contributed by atoms with E-state index in [0.717, 1.165) is 32.7 Å². The van der Waals surface area contributed by atoms with Gasteiger partial charge in [-0.2, -0.15) is 0 Å². The highest BCUT2D eigenvalue weighted by molar-refractivity contribution is 5.76. The van der Waals surface area contributed by atoms with Gasteiger partial charge in [0.05, 0.1) is 0 Å². The molecule has 17 heavy (non-hydrogen) atoms. The van der Waals surface area contributed by atoms with Crippen LogP contribution in [0, 0.1) is 0 Å².